The van der Waals surface area contributed by atoms with Crippen molar-refractivity contribution in [3.05, 3.63) is 53.1 Å². The predicted octanol–water partition coefficient (Wildman–Crippen LogP) is 10.3. The van der Waals surface area contributed by atoms with Crippen LogP contribution in [0.2, 0.25) is 5.02 Å². The highest BCUT2D eigenvalue weighted by molar-refractivity contribution is 7.99. The van der Waals surface area contributed by atoms with Crippen molar-refractivity contribution in [3.63, 3.8) is 0 Å². The molecular weight excluding hydrogens is 683 g/mol. The van der Waals surface area contributed by atoms with Crippen LogP contribution in [0, 0.1) is 0 Å². The molecule has 242 valence electrons. The highest BCUT2D eigenvalue weighted by atomic mass is 35.5. The third-order valence-electron chi connectivity index (χ3n) is 5.78. The monoisotopic (exact) mass is 694 g/mol. The first-order valence-electron chi connectivity index (χ1n) is 10.8. The van der Waals surface area contributed by atoms with Gasteiger partial charge in [-0.05, 0) is 41.5 Å². The van der Waals surface area contributed by atoms with E-state index in [4.69, 9.17) is 11.6 Å². The minimum atomic E-state index is -8.66. The van der Waals surface area contributed by atoms with Gasteiger partial charge in [-0.3, -0.25) is 4.79 Å². The number of hydrogen-bond acceptors (Lipinski definition) is 2. The van der Waals surface area contributed by atoms with Gasteiger partial charge in [-0.25, -0.2) is 0 Å². The average molecular weight is 695 g/mol. The molecule has 0 spiro atoms. The summed E-state index contributed by atoms with van der Waals surface area (Å²) in [6.07, 6.45) is -10.0. The number of alkyl halides is 17. The van der Waals surface area contributed by atoms with Crippen LogP contribution >= 0.6 is 23.4 Å². The number of thioether (sulfide) groups is 1. The van der Waals surface area contributed by atoms with E-state index >= 15 is 0 Å². The zero-order valence-electron chi connectivity index (χ0n) is 20.2. The summed E-state index contributed by atoms with van der Waals surface area (Å²) in [6.45, 7) is 0. The standard InChI is InChI=1S/C23H12ClF17OS/c24-13-4-1-11(2-5-13)15-9-14(6-3-12(15)10-42)43-8-7-16(25,26)17(27,28)18(29,30)19(31,32)20(33,34)21(35,36)22(37,38)23(39,40)41/h1-6,9-10H,7-8H2. The average Bonchev–Trinajstić information content (AvgIpc) is 2.87. The molecule has 0 aliphatic heterocycles. The molecule has 0 saturated carbocycles. The van der Waals surface area contributed by atoms with Crippen LogP contribution < -0.4 is 0 Å². The van der Waals surface area contributed by atoms with E-state index in [2.05, 4.69) is 0 Å². The van der Waals surface area contributed by atoms with Crippen LogP contribution in [0.3, 0.4) is 0 Å². The fourth-order valence-electron chi connectivity index (χ4n) is 3.26. The van der Waals surface area contributed by atoms with Crippen molar-refractivity contribution in [2.24, 2.45) is 0 Å². The Bertz CT molecular complexity index is 1310. The number of hydrogen-bond donors (Lipinski definition) is 0. The molecule has 0 saturated heterocycles. The molecule has 1 nitrogen and oxygen atoms in total. The van der Waals surface area contributed by atoms with Crippen molar-refractivity contribution >= 4 is 29.6 Å². The quantitative estimate of drug-likeness (QED) is 0.125. The van der Waals surface area contributed by atoms with Crippen LogP contribution in [0.25, 0.3) is 11.1 Å². The second-order valence-corrected chi connectivity index (χ2v) is 10.2. The smallest absolute Gasteiger partial charge is 0.298 e. The number of benzene rings is 2. The molecule has 0 radical (unpaired) electrons. The Hall–Kier alpha value is -2.44. The predicted molar refractivity (Wildman–Crippen MR) is 118 cm³/mol. The van der Waals surface area contributed by atoms with Gasteiger partial charge in [-0.2, -0.15) is 74.6 Å². The van der Waals surface area contributed by atoms with Crippen LogP contribution in [0.4, 0.5) is 74.6 Å². The van der Waals surface area contributed by atoms with Gasteiger partial charge in [0.15, 0.2) is 6.29 Å². The fourth-order valence-corrected chi connectivity index (χ4v) is 4.34. The number of halogens is 18. The molecule has 0 unspecified atom stereocenters. The maximum atomic E-state index is 14.1. The molecule has 2 aromatic rings. The van der Waals surface area contributed by atoms with Crippen LogP contribution in [0.15, 0.2) is 47.4 Å². The van der Waals surface area contributed by atoms with Crippen molar-refractivity contribution in [1.82, 2.24) is 0 Å². The molecule has 2 aromatic carbocycles. The molecule has 2 rings (SSSR count). The molecule has 0 N–H and O–H groups in total. The fraction of sp³-hybridized carbons (Fsp3) is 0.435. The lowest BCUT2D eigenvalue weighted by atomic mass is 9.88. The van der Waals surface area contributed by atoms with Gasteiger partial charge in [0.05, 0.1) is 0 Å². The topological polar surface area (TPSA) is 17.1 Å². The van der Waals surface area contributed by atoms with Crippen molar-refractivity contribution in [1.29, 1.82) is 0 Å². The largest absolute Gasteiger partial charge is 0.460 e. The van der Waals surface area contributed by atoms with Gasteiger partial charge >= 0.3 is 47.6 Å². The van der Waals surface area contributed by atoms with Gasteiger partial charge in [0, 0.05) is 27.7 Å². The van der Waals surface area contributed by atoms with Crippen LogP contribution in [0.1, 0.15) is 16.8 Å². The van der Waals surface area contributed by atoms with E-state index in [1.54, 1.807) is 0 Å². The first-order valence-corrected chi connectivity index (χ1v) is 12.2. The minimum Gasteiger partial charge on any atom is -0.298 e. The maximum absolute atomic E-state index is 14.1. The number of carbonyl (C=O) groups excluding carboxylic acids is 1. The SMILES string of the molecule is O=Cc1ccc(SCCC(F)(F)C(F)(F)C(F)(F)C(F)(F)C(F)(F)C(F)(F)C(F)(F)C(F)(F)F)cc1-c1ccc(Cl)cc1. The van der Waals surface area contributed by atoms with Crippen LogP contribution in [-0.4, -0.2) is 59.7 Å². The van der Waals surface area contributed by atoms with E-state index < -0.39 is 59.8 Å². The summed E-state index contributed by atoms with van der Waals surface area (Å²) >= 11 is 5.88. The van der Waals surface area contributed by atoms with Gasteiger partial charge < -0.3 is 0 Å². The summed E-state index contributed by atoms with van der Waals surface area (Å²) in [4.78, 5) is 11.2. The Morgan fingerprint density at radius 3 is 1.49 bits per heavy atom. The lowest BCUT2D eigenvalue weighted by Gasteiger charge is -2.42. The van der Waals surface area contributed by atoms with E-state index in [0.29, 0.717) is 11.8 Å². The summed E-state index contributed by atoms with van der Waals surface area (Å²) in [5.74, 6) is -57.9. The van der Waals surface area contributed by atoms with Gasteiger partial charge in [0.25, 0.3) is 0 Å². The highest BCUT2D eigenvalue weighted by Crippen LogP contribution is 2.64. The van der Waals surface area contributed by atoms with E-state index in [-0.39, 0.29) is 32.8 Å². The number of rotatable bonds is 12. The van der Waals surface area contributed by atoms with E-state index in [9.17, 15) is 79.4 Å². The normalized spacial score (nSPS) is 14.7. The maximum Gasteiger partial charge on any atom is 0.460 e. The third kappa shape index (κ3) is 5.99. The molecule has 0 fully saturated rings. The Balaban J connectivity index is 2.36. The second-order valence-electron chi connectivity index (χ2n) is 8.62. The Morgan fingerprint density at radius 2 is 1.05 bits per heavy atom. The van der Waals surface area contributed by atoms with Crippen molar-refractivity contribution < 1.29 is 79.4 Å². The molecule has 0 aliphatic rings. The summed E-state index contributed by atoms with van der Waals surface area (Å²) in [5.41, 5.74) is 0.416. The summed E-state index contributed by atoms with van der Waals surface area (Å²) in [5, 5.41) is 0.253. The Labute approximate surface area is 238 Å². The number of aldehydes is 1. The molecule has 0 aromatic heterocycles. The highest BCUT2D eigenvalue weighted by Gasteiger charge is 2.95. The van der Waals surface area contributed by atoms with E-state index in [0.717, 1.165) is 18.2 Å². The molecule has 20 heteroatoms. The summed E-state index contributed by atoms with van der Waals surface area (Å²) in [6, 6.07) is 8.76. The summed E-state index contributed by atoms with van der Waals surface area (Å²) in [7, 11) is 0. The summed E-state index contributed by atoms with van der Waals surface area (Å²) < 4.78 is 228. The first kappa shape index (κ1) is 36.8. The van der Waals surface area contributed by atoms with Gasteiger partial charge in [0.1, 0.15) is 0 Å². The molecule has 0 amide bonds. The third-order valence-corrected chi connectivity index (χ3v) is 7.03. The van der Waals surface area contributed by atoms with Crippen molar-refractivity contribution in [2.45, 2.75) is 59.0 Å². The second kappa shape index (κ2) is 11.5. The van der Waals surface area contributed by atoms with E-state index in [1.165, 1.54) is 24.3 Å². The first-order chi connectivity index (χ1) is 19.1. The Morgan fingerprint density at radius 1 is 0.605 bits per heavy atom. The zero-order valence-corrected chi connectivity index (χ0v) is 21.7. The molecular formula is C23H12ClF17OS. The Kier molecular flexibility index (Phi) is 9.82. The lowest BCUT2D eigenvalue weighted by Crippen LogP contribution is -2.74. The van der Waals surface area contributed by atoms with E-state index in [1.807, 2.05) is 0 Å². The molecule has 0 atom stereocenters. The molecule has 0 aliphatic carbocycles. The van der Waals surface area contributed by atoms with Crippen molar-refractivity contribution in [3.8, 4) is 11.1 Å². The molecule has 0 heterocycles. The number of carbonyl (C=O) groups is 1. The lowest BCUT2D eigenvalue weighted by molar-refractivity contribution is -0.461. The van der Waals surface area contributed by atoms with Gasteiger partial charge in [0.2, 0.25) is 0 Å². The van der Waals surface area contributed by atoms with Gasteiger partial charge in [-0.15, -0.1) is 11.8 Å². The van der Waals surface area contributed by atoms with Crippen molar-refractivity contribution in [2.75, 3.05) is 5.75 Å². The van der Waals surface area contributed by atoms with Crippen LogP contribution in [0.5, 0.6) is 0 Å². The molecule has 43 heavy (non-hydrogen) atoms. The van der Waals surface area contributed by atoms with Crippen LogP contribution in [-0.2, 0) is 0 Å². The van der Waals surface area contributed by atoms with Gasteiger partial charge in [-0.1, -0.05) is 23.7 Å². The minimum absolute atomic E-state index is 0.000704. The zero-order chi connectivity index (χ0) is 33.7. The molecule has 0 bridgehead atoms.